The van der Waals surface area contributed by atoms with Crippen LogP contribution in [-0.2, 0) is 25.7 Å². The summed E-state index contributed by atoms with van der Waals surface area (Å²) in [5, 5.41) is 38.7. The molecule has 0 saturated heterocycles. The highest BCUT2D eigenvalue weighted by Gasteiger charge is 2.27. The van der Waals surface area contributed by atoms with Crippen LogP contribution in [-0.4, -0.2) is 132 Å². The largest absolute Gasteiger partial charge is 0.493 e. The van der Waals surface area contributed by atoms with Crippen LogP contribution in [0.15, 0.2) is 48.5 Å². The van der Waals surface area contributed by atoms with E-state index >= 15 is 0 Å². The number of rotatable bonds is 34. The van der Waals surface area contributed by atoms with Gasteiger partial charge in [-0.15, -0.1) is 0 Å². The summed E-state index contributed by atoms with van der Waals surface area (Å²) in [6, 6.07) is 15.8. The maximum absolute atomic E-state index is 9.95. The maximum Gasteiger partial charge on any atom is 0.203 e. The van der Waals surface area contributed by atoms with Crippen LogP contribution < -0.4 is 56.8 Å². The zero-order chi connectivity index (χ0) is 53.0. The highest BCUT2D eigenvalue weighted by atomic mass is 16.5. The predicted molar refractivity (Wildman–Crippen MR) is 278 cm³/mol. The van der Waals surface area contributed by atoms with Crippen molar-refractivity contribution in [2.75, 3.05) is 112 Å². The zero-order valence-corrected chi connectivity index (χ0v) is 44.9. The molecule has 4 atom stereocenters. The smallest absolute Gasteiger partial charge is 0.203 e. The number of hydrogen-bond donors (Lipinski definition) is 4. The van der Waals surface area contributed by atoms with Gasteiger partial charge in [0.15, 0.2) is 46.0 Å². The van der Waals surface area contributed by atoms with Crippen molar-refractivity contribution in [3.63, 3.8) is 0 Å². The molecular weight excluding hydrogens is 929 g/mol. The van der Waals surface area contributed by atoms with E-state index in [1.54, 1.807) is 85.3 Å². The fourth-order valence-corrected chi connectivity index (χ4v) is 9.61. The Bertz CT molecular complexity index is 1910. The standard InChI is InChI=1S/2C28H42O8/c2*1-31-23-15-19(16-24(32-2)27(23)35-5)13-21(9-7-8-11-29)22(10-12-30)14-20-17-25(33-3)28(36-6)26(18-20)34-4/h2*15-18,21-22,29-30H,7-14H2,1-6H3/t2*21-,22-/m10/s1. The first kappa shape index (κ1) is 60.6. The molecule has 0 saturated carbocycles. The minimum atomic E-state index is 0.0842. The monoisotopic (exact) mass is 1010 g/mol. The van der Waals surface area contributed by atoms with Gasteiger partial charge in [-0.2, -0.15) is 0 Å². The third-order valence-corrected chi connectivity index (χ3v) is 13.2. The molecule has 0 aromatic heterocycles. The van der Waals surface area contributed by atoms with Gasteiger partial charge in [0.25, 0.3) is 0 Å². The number of unbranched alkanes of at least 4 members (excludes halogenated alkanes) is 2. The second-order valence-electron chi connectivity index (χ2n) is 17.5. The van der Waals surface area contributed by atoms with Gasteiger partial charge in [0.05, 0.1) is 85.3 Å². The fraction of sp³-hybridized carbons (Fsp3) is 0.571. The van der Waals surface area contributed by atoms with Crippen molar-refractivity contribution in [2.24, 2.45) is 23.7 Å². The van der Waals surface area contributed by atoms with E-state index in [9.17, 15) is 20.4 Å². The van der Waals surface area contributed by atoms with Gasteiger partial charge in [0.1, 0.15) is 0 Å². The predicted octanol–water partition coefficient (Wildman–Crippen LogP) is 8.60. The fourth-order valence-electron chi connectivity index (χ4n) is 9.61. The third-order valence-electron chi connectivity index (χ3n) is 13.2. The minimum absolute atomic E-state index is 0.0842. The van der Waals surface area contributed by atoms with Gasteiger partial charge in [0, 0.05) is 26.4 Å². The van der Waals surface area contributed by atoms with Crippen molar-refractivity contribution >= 4 is 0 Å². The quantitative estimate of drug-likeness (QED) is 0.0325. The molecule has 404 valence electrons. The van der Waals surface area contributed by atoms with Crippen molar-refractivity contribution in [1.29, 1.82) is 0 Å². The van der Waals surface area contributed by atoms with Crippen molar-refractivity contribution < 1.29 is 77.3 Å². The lowest BCUT2D eigenvalue weighted by atomic mass is 9.78. The molecule has 72 heavy (non-hydrogen) atoms. The van der Waals surface area contributed by atoms with Gasteiger partial charge in [-0.25, -0.2) is 0 Å². The molecule has 4 rings (SSSR count). The molecule has 4 aromatic rings. The molecule has 0 heterocycles. The van der Waals surface area contributed by atoms with Crippen LogP contribution in [0.25, 0.3) is 0 Å². The second kappa shape index (κ2) is 33.1. The SMILES string of the molecule is COc1cc(C[C@@H](CCO)[C@H](CCCCO)Cc2cc(OC)c(OC)c(OC)c2)cc(OC)c1OC.COc1cc(C[C@H](CCO)[C@@H](CCCCO)Cc2cc(OC)c(OC)c(OC)c2)cc(OC)c1OC. The molecule has 0 spiro atoms. The van der Waals surface area contributed by atoms with Crippen LogP contribution >= 0.6 is 0 Å². The molecule has 0 aliphatic rings. The van der Waals surface area contributed by atoms with E-state index in [4.69, 9.17) is 56.8 Å². The average Bonchev–Trinajstić information content (AvgIpc) is 3.40. The van der Waals surface area contributed by atoms with Gasteiger partial charge in [-0.1, -0.05) is 12.8 Å². The van der Waals surface area contributed by atoms with E-state index in [1.807, 2.05) is 48.5 Å². The van der Waals surface area contributed by atoms with E-state index < -0.39 is 0 Å². The van der Waals surface area contributed by atoms with Crippen LogP contribution in [0, 0.1) is 23.7 Å². The molecule has 0 radical (unpaired) electrons. The van der Waals surface area contributed by atoms with Crippen LogP contribution in [0.2, 0.25) is 0 Å². The highest BCUT2D eigenvalue weighted by molar-refractivity contribution is 5.56. The highest BCUT2D eigenvalue weighted by Crippen LogP contribution is 2.44. The number of aliphatic hydroxyl groups excluding tert-OH is 4. The van der Waals surface area contributed by atoms with Crippen LogP contribution in [0.3, 0.4) is 0 Å². The Balaban J connectivity index is 0.000000380. The molecule has 0 aliphatic heterocycles. The number of methoxy groups -OCH3 is 12. The molecule has 16 nitrogen and oxygen atoms in total. The van der Waals surface area contributed by atoms with Gasteiger partial charge in [0.2, 0.25) is 23.0 Å². The first-order chi connectivity index (χ1) is 35.0. The number of hydrogen-bond acceptors (Lipinski definition) is 16. The Morgan fingerprint density at radius 2 is 0.458 bits per heavy atom. The van der Waals surface area contributed by atoms with Gasteiger partial charge >= 0.3 is 0 Å². The molecule has 0 bridgehead atoms. The van der Waals surface area contributed by atoms with E-state index in [0.29, 0.717) is 81.8 Å². The first-order valence-electron chi connectivity index (χ1n) is 24.6. The summed E-state index contributed by atoms with van der Waals surface area (Å²) in [6.07, 6.45) is 9.34. The summed E-state index contributed by atoms with van der Waals surface area (Å²) in [4.78, 5) is 0. The van der Waals surface area contributed by atoms with Gasteiger partial charge in [-0.05, 0) is 159 Å². The van der Waals surface area contributed by atoms with Crippen LogP contribution in [0.1, 0.15) is 73.6 Å². The summed E-state index contributed by atoms with van der Waals surface area (Å²) in [5.41, 5.74) is 4.21. The Labute approximate surface area is 428 Å². The molecular formula is C56H84O16. The van der Waals surface area contributed by atoms with E-state index in [0.717, 1.165) is 86.5 Å². The molecule has 0 amide bonds. The van der Waals surface area contributed by atoms with Crippen molar-refractivity contribution in [2.45, 2.75) is 77.0 Å². The normalized spacial score (nSPS) is 12.6. The summed E-state index contributed by atoms with van der Waals surface area (Å²) in [6.45, 7) is 0.491. The summed E-state index contributed by atoms with van der Waals surface area (Å²) in [7, 11) is 19.2. The Morgan fingerprint density at radius 3 is 0.611 bits per heavy atom. The topological polar surface area (TPSA) is 192 Å². The number of aliphatic hydroxyl groups is 4. The van der Waals surface area contributed by atoms with Crippen LogP contribution in [0.5, 0.6) is 69.0 Å². The third kappa shape index (κ3) is 17.2. The minimum Gasteiger partial charge on any atom is -0.493 e. The summed E-state index contributed by atoms with van der Waals surface area (Å²) >= 11 is 0. The lowest BCUT2D eigenvalue weighted by Crippen LogP contribution is -2.22. The van der Waals surface area contributed by atoms with Gasteiger partial charge in [-0.3, -0.25) is 0 Å². The van der Waals surface area contributed by atoms with E-state index in [2.05, 4.69) is 0 Å². The Kier molecular flexibility index (Phi) is 27.9. The summed E-state index contributed by atoms with van der Waals surface area (Å²) in [5.74, 6) is 7.96. The molecule has 0 unspecified atom stereocenters. The summed E-state index contributed by atoms with van der Waals surface area (Å²) < 4.78 is 66.3. The molecule has 4 N–H and O–H groups in total. The number of benzene rings is 4. The maximum atomic E-state index is 9.95. The zero-order valence-electron chi connectivity index (χ0n) is 44.9. The molecule has 0 fully saturated rings. The molecule has 0 aliphatic carbocycles. The first-order valence-corrected chi connectivity index (χ1v) is 24.6. The van der Waals surface area contributed by atoms with Gasteiger partial charge < -0.3 is 77.3 Å². The second-order valence-corrected chi connectivity index (χ2v) is 17.5. The molecule has 4 aromatic carbocycles. The van der Waals surface area contributed by atoms with Crippen molar-refractivity contribution in [1.82, 2.24) is 0 Å². The number of ether oxygens (including phenoxy) is 12. The Morgan fingerprint density at radius 1 is 0.264 bits per heavy atom. The molecule has 16 heteroatoms. The van der Waals surface area contributed by atoms with Crippen LogP contribution in [0.4, 0.5) is 0 Å². The van der Waals surface area contributed by atoms with Crippen molar-refractivity contribution in [3.05, 3.63) is 70.8 Å². The van der Waals surface area contributed by atoms with Crippen molar-refractivity contribution in [3.8, 4) is 69.0 Å². The lowest BCUT2D eigenvalue weighted by Gasteiger charge is -2.28. The van der Waals surface area contributed by atoms with E-state index in [1.165, 1.54) is 0 Å². The lowest BCUT2D eigenvalue weighted by molar-refractivity contribution is 0.202. The van der Waals surface area contributed by atoms with E-state index in [-0.39, 0.29) is 50.1 Å². The average molecular weight is 1010 g/mol. The Hall–Kier alpha value is -5.68.